The number of nitrogens with one attached hydrogen (secondary N) is 2. The molecule has 1 fully saturated rings. The largest absolute Gasteiger partial charge is 0.492 e. The van der Waals surface area contributed by atoms with E-state index in [-0.39, 0.29) is 28.3 Å². The van der Waals surface area contributed by atoms with Gasteiger partial charge in [0.1, 0.15) is 5.69 Å². The van der Waals surface area contributed by atoms with Crippen LogP contribution in [0.3, 0.4) is 0 Å². The van der Waals surface area contributed by atoms with Crippen LogP contribution in [0.1, 0.15) is 67.7 Å². The predicted molar refractivity (Wildman–Crippen MR) is 163 cm³/mol. The second-order valence-electron chi connectivity index (χ2n) is 12.3. The minimum Gasteiger partial charge on any atom is -0.492 e. The van der Waals surface area contributed by atoms with Gasteiger partial charge in [0.05, 0.1) is 48.4 Å². The monoisotopic (exact) mass is 591 g/mol. The van der Waals surface area contributed by atoms with E-state index in [0.717, 1.165) is 41.5 Å². The molecule has 2 N–H and O–H groups in total. The van der Waals surface area contributed by atoms with Crippen LogP contribution >= 0.6 is 0 Å². The molecule has 2 heterocycles. The van der Waals surface area contributed by atoms with Crippen molar-refractivity contribution in [3.63, 3.8) is 0 Å². The van der Waals surface area contributed by atoms with Crippen LogP contribution in [0.15, 0.2) is 42.7 Å². The van der Waals surface area contributed by atoms with Crippen LogP contribution in [0.25, 0.3) is 16.9 Å². The number of nitrogens with zero attached hydrogens (tertiary/aromatic N) is 5. The molecule has 42 heavy (non-hydrogen) atoms. The lowest BCUT2D eigenvalue weighted by Crippen LogP contribution is -2.24. The van der Waals surface area contributed by atoms with Gasteiger partial charge in [-0.05, 0) is 88.3 Å². The molecule has 0 saturated heterocycles. The van der Waals surface area contributed by atoms with E-state index in [1.165, 1.54) is 7.11 Å². The summed E-state index contributed by atoms with van der Waals surface area (Å²) in [7, 11) is -2.14. The molecule has 0 radical (unpaired) electrons. The number of carbonyl (C=O) groups excluding carboxylic acids is 1. The second-order valence-corrected chi connectivity index (χ2v) is 14.0. The summed E-state index contributed by atoms with van der Waals surface area (Å²) < 4.78 is 35.9. The topological polar surface area (TPSA) is 133 Å². The smallest absolute Gasteiger partial charge is 0.255 e. The van der Waals surface area contributed by atoms with Gasteiger partial charge >= 0.3 is 0 Å². The van der Waals surface area contributed by atoms with Gasteiger partial charge in [0, 0.05) is 16.8 Å². The Labute approximate surface area is 246 Å². The molecule has 1 aliphatic rings. The summed E-state index contributed by atoms with van der Waals surface area (Å²) in [5.41, 5.74) is 5.90. The van der Waals surface area contributed by atoms with Gasteiger partial charge in [-0.1, -0.05) is 18.2 Å². The molecular weight excluding hydrogens is 554 g/mol. The van der Waals surface area contributed by atoms with Gasteiger partial charge in [0.2, 0.25) is 10.0 Å². The van der Waals surface area contributed by atoms with Gasteiger partial charge in [-0.2, -0.15) is 5.10 Å². The Balaban J connectivity index is 1.47. The van der Waals surface area contributed by atoms with Crippen LogP contribution in [0.4, 0.5) is 11.4 Å². The van der Waals surface area contributed by atoms with E-state index in [0.29, 0.717) is 22.6 Å². The van der Waals surface area contributed by atoms with E-state index in [4.69, 9.17) is 4.74 Å². The number of sulfonamides is 1. The van der Waals surface area contributed by atoms with Crippen LogP contribution in [-0.2, 0) is 21.0 Å². The molecule has 0 atom stereocenters. The van der Waals surface area contributed by atoms with E-state index in [1.54, 1.807) is 29.1 Å². The Kier molecular flexibility index (Phi) is 7.16. The summed E-state index contributed by atoms with van der Waals surface area (Å²) in [5.74, 6) is -0.137. The number of aromatic nitrogens is 5. The molecule has 0 spiro atoms. The second kappa shape index (κ2) is 10.3. The molecule has 2 aromatic heterocycles. The maximum absolute atomic E-state index is 13.6. The standard InChI is InChI=1S/C30H37N7O4S/c1-18-9-10-20(13-26(18)36-17-25(33-35-36)22-16-31-37(19(22)2)29(3,4)5)28(38)32-23-14-21(30(6)11-12-30)15-24(27(23)41-7)34-42(8,39)40/h9-10,13-17,34H,11-12H2,1-8H3,(H,32,38). The number of methoxy groups -OCH3 is 1. The molecule has 222 valence electrons. The highest BCUT2D eigenvalue weighted by Gasteiger charge is 2.40. The molecular formula is C30H37N7O4S. The number of carbonyl (C=O) groups is 1. The number of aryl methyl sites for hydroxylation is 1. The van der Waals surface area contributed by atoms with Crippen LogP contribution in [0.2, 0.25) is 0 Å². The zero-order valence-electron chi connectivity index (χ0n) is 25.2. The SMILES string of the molecule is COc1c(NC(=O)c2ccc(C)c(-n3cc(-c4cnn(C(C)(C)C)c4C)nn3)c2)cc(C2(C)CC2)cc1NS(C)(=O)=O. The van der Waals surface area contributed by atoms with Crippen molar-refractivity contribution >= 4 is 27.3 Å². The van der Waals surface area contributed by atoms with Gasteiger partial charge < -0.3 is 10.1 Å². The van der Waals surface area contributed by atoms with Gasteiger partial charge in [-0.15, -0.1) is 5.10 Å². The first kappa shape index (κ1) is 29.3. The van der Waals surface area contributed by atoms with Crippen LogP contribution in [0.5, 0.6) is 5.75 Å². The van der Waals surface area contributed by atoms with Crippen molar-refractivity contribution in [1.29, 1.82) is 0 Å². The highest BCUT2D eigenvalue weighted by molar-refractivity contribution is 7.92. The Morgan fingerprint density at radius 3 is 2.38 bits per heavy atom. The first-order valence-corrected chi connectivity index (χ1v) is 15.6. The van der Waals surface area contributed by atoms with Crippen LogP contribution in [-0.4, -0.2) is 52.5 Å². The molecule has 1 aliphatic carbocycles. The first-order chi connectivity index (χ1) is 19.6. The van der Waals surface area contributed by atoms with E-state index in [9.17, 15) is 13.2 Å². The fourth-order valence-electron chi connectivity index (χ4n) is 5.08. The van der Waals surface area contributed by atoms with Gasteiger partial charge in [-0.3, -0.25) is 14.2 Å². The fourth-order valence-corrected chi connectivity index (χ4v) is 5.63. The number of hydrogen-bond acceptors (Lipinski definition) is 7. The molecule has 11 nitrogen and oxygen atoms in total. The normalized spacial score (nSPS) is 14.5. The molecule has 0 unspecified atom stereocenters. The molecule has 0 bridgehead atoms. The van der Waals surface area contributed by atoms with Crippen molar-refractivity contribution in [3.05, 3.63) is 65.1 Å². The Morgan fingerprint density at radius 1 is 1.10 bits per heavy atom. The molecule has 2 aromatic carbocycles. The third-order valence-electron chi connectivity index (χ3n) is 7.67. The predicted octanol–water partition coefficient (Wildman–Crippen LogP) is 5.19. The number of benzene rings is 2. The Morgan fingerprint density at radius 2 is 1.79 bits per heavy atom. The van der Waals surface area contributed by atoms with Crippen LogP contribution in [0, 0.1) is 13.8 Å². The van der Waals surface area contributed by atoms with Crippen molar-refractivity contribution in [2.24, 2.45) is 0 Å². The zero-order valence-corrected chi connectivity index (χ0v) is 26.0. The van der Waals surface area contributed by atoms with E-state index in [1.807, 2.05) is 36.9 Å². The molecule has 1 amide bonds. The number of ether oxygens (including phenoxy) is 1. The van der Waals surface area contributed by atoms with Crippen molar-refractivity contribution in [2.75, 3.05) is 23.4 Å². The molecule has 4 aromatic rings. The Hall–Kier alpha value is -4.19. The minimum atomic E-state index is -3.58. The molecule has 1 saturated carbocycles. The summed E-state index contributed by atoms with van der Waals surface area (Å²) in [6, 6.07) is 8.97. The minimum absolute atomic E-state index is 0.0801. The quantitative estimate of drug-likeness (QED) is 0.288. The van der Waals surface area contributed by atoms with Gasteiger partial charge in [-0.25, -0.2) is 13.1 Å². The summed E-state index contributed by atoms with van der Waals surface area (Å²) in [5, 5.41) is 16.2. The zero-order chi connectivity index (χ0) is 30.6. The van der Waals surface area contributed by atoms with E-state index >= 15 is 0 Å². The maximum atomic E-state index is 13.6. The maximum Gasteiger partial charge on any atom is 0.255 e. The number of rotatable bonds is 8. The van der Waals surface area contributed by atoms with E-state index < -0.39 is 10.0 Å². The van der Waals surface area contributed by atoms with Crippen molar-refractivity contribution < 1.29 is 17.9 Å². The van der Waals surface area contributed by atoms with Crippen molar-refractivity contribution in [3.8, 4) is 22.7 Å². The summed E-state index contributed by atoms with van der Waals surface area (Å²) in [6.45, 7) is 12.3. The van der Waals surface area contributed by atoms with Gasteiger partial charge in [0.25, 0.3) is 5.91 Å². The van der Waals surface area contributed by atoms with Crippen molar-refractivity contribution in [1.82, 2.24) is 24.8 Å². The summed E-state index contributed by atoms with van der Waals surface area (Å²) in [4.78, 5) is 13.6. The first-order valence-electron chi connectivity index (χ1n) is 13.7. The molecule has 5 rings (SSSR count). The Bertz CT molecular complexity index is 1790. The fraction of sp³-hybridized carbons (Fsp3) is 0.400. The molecule has 0 aliphatic heterocycles. The third-order valence-corrected chi connectivity index (χ3v) is 8.26. The average molecular weight is 592 g/mol. The lowest BCUT2D eigenvalue weighted by Gasteiger charge is -2.21. The highest BCUT2D eigenvalue weighted by Crippen LogP contribution is 2.50. The molecule has 12 heteroatoms. The number of amides is 1. The number of hydrogen-bond donors (Lipinski definition) is 2. The number of anilines is 2. The average Bonchev–Trinajstić information content (AvgIpc) is 3.27. The lowest BCUT2D eigenvalue weighted by molar-refractivity contribution is 0.102. The summed E-state index contributed by atoms with van der Waals surface area (Å²) in [6.07, 6.45) is 6.65. The van der Waals surface area contributed by atoms with Crippen molar-refractivity contribution in [2.45, 2.75) is 65.3 Å². The lowest BCUT2D eigenvalue weighted by atomic mass is 9.96. The van der Waals surface area contributed by atoms with Crippen LogP contribution < -0.4 is 14.8 Å². The van der Waals surface area contributed by atoms with E-state index in [2.05, 4.69) is 53.1 Å². The van der Waals surface area contributed by atoms with Gasteiger partial charge in [0.15, 0.2) is 5.75 Å². The third kappa shape index (κ3) is 5.76. The summed E-state index contributed by atoms with van der Waals surface area (Å²) >= 11 is 0. The highest BCUT2D eigenvalue weighted by atomic mass is 32.2.